The molecule has 2 atom stereocenters. The van der Waals surface area contributed by atoms with Crippen LogP contribution in [0, 0.1) is 19.8 Å². The molecule has 0 spiro atoms. The van der Waals surface area contributed by atoms with Crippen LogP contribution in [0.4, 0.5) is 0 Å². The van der Waals surface area contributed by atoms with Crippen LogP contribution >= 0.6 is 0 Å². The van der Waals surface area contributed by atoms with Gasteiger partial charge >= 0.3 is 0 Å². The summed E-state index contributed by atoms with van der Waals surface area (Å²) in [4.78, 5) is 29.0. The van der Waals surface area contributed by atoms with Crippen molar-refractivity contribution in [3.8, 4) is 17.1 Å². The van der Waals surface area contributed by atoms with Crippen LogP contribution in [0.5, 0.6) is 5.88 Å². The van der Waals surface area contributed by atoms with E-state index in [2.05, 4.69) is 32.1 Å². The lowest BCUT2D eigenvalue weighted by Crippen LogP contribution is -2.16. The molecule has 1 aliphatic carbocycles. The summed E-state index contributed by atoms with van der Waals surface area (Å²) < 4.78 is 7.51. The van der Waals surface area contributed by atoms with Gasteiger partial charge in [0.2, 0.25) is 5.88 Å². The van der Waals surface area contributed by atoms with Gasteiger partial charge < -0.3 is 9.30 Å². The van der Waals surface area contributed by atoms with E-state index >= 15 is 0 Å². The molecule has 0 radical (unpaired) electrons. The van der Waals surface area contributed by atoms with E-state index in [0.29, 0.717) is 41.4 Å². The molecular weight excluding hydrogens is 342 g/mol. The monoisotopic (exact) mass is 363 g/mol. The Labute approximate surface area is 157 Å². The molecule has 7 nitrogen and oxygen atoms in total. The Hall–Kier alpha value is -3.09. The fraction of sp³-hybridized carbons (Fsp3) is 0.350. The molecule has 3 aromatic heterocycles. The molecular formula is C20H21N5O2. The second-order valence-electron chi connectivity index (χ2n) is 7.03. The molecule has 138 valence electrons. The van der Waals surface area contributed by atoms with E-state index in [0.717, 1.165) is 17.7 Å². The maximum Gasteiger partial charge on any atom is 0.268 e. The second-order valence-corrected chi connectivity index (χ2v) is 7.03. The fourth-order valence-corrected chi connectivity index (χ4v) is 3.05. The average Bonchev–Trinajstić information content (AvgIpc) is 3.43. The van der Waals surface area contributed by atoms with Crippen LogP contribution in [-0.2, 0) is 7.05 Å². The Morgan fingerprint density at radius 2 is 2.00 bits per heavy atom. The van der Waals surface area contributed by atoms with Crippen molar-refractivity contribution in [1.29, 1.82) is 0 Å². The van der Waals surface area contributed by atoms with Gasteiger partial charge in [0.05, 0.1) is 24.1 Å². The second kappa shape index (κ2) is 6.90. The lowest BCUT2D eigenvalue weighted by molar-refractivity contribution is 0.285. The number of aromatic nitrogens is 5. The number of aryl methyl sites for hydroxylation is 3. The summed E-state index contributed by atoms with van der Waals surface area (Å²) >= 11 is 0. The zero-order valence-electron chi connectivity index (χ0n) is 15.6. The van der Waals surface area contributed by atoms with Gasteiger partial charge in [-0.05, 0) is 31.9 Å². The van der Waals surface area contributed by atoms with Crippen LogP contribution in [0.15, 0.2) is 41.7 Å². The Bertz CT molecular complexity index is 1030. The van der Waals surface area contributed by atoms with Crippen molar-refractivity contribution in [3.05, 3.63) is 64.4 Å². The molecule has 3 aromatic rings. The Balaban J connectivity index is 1.51. The fourth-order valence-electron chi connectivity index (χ4n) is 3.05. The van der Waals surface area contributed by atoms with Crippen molar-refractivity contribution in [2.75, 3.05) is 6.61 Å². The standard InChI is InChI=1S/C20H21N5O2/c1-12-4-5-17(22-7-12)15-6-14(15)11-27-20-16(8-21-13(2)24-20)18-10-25(3)19(26)9-23-18/h4-5,7-10,14-15H,6,11H2,1-3H3/t14?,15-/m1/s1. The van der Waals surface area contributed by atoms with E-state index in [1.165, 1.54) is 10.8 Å². The van der Waals surface area contributed by atoms with Crippen LogP contribution in [0.25, 0.3) is 11.3 Å². The van der Waals surface area contributed by atoms with Crippen LogP contribution < -0.4 is 10.3 Å². The molecule has 27 heavy (non-hydrogen) atoms. The first kappa shape index (κ1) is 17.3. The highest BCUT2D eigenvalue weighted by molar-refractivity contribution is 5.62. The lowest BCUT2D eigenvalue weighted by atomic mass is 10.2. The minimum absolute atomic E-state index is 0.166. The maximum atomic E-state index is 11.6. The summed E-state index contributed by atoms with van der Waals surface area (Å²) in [5, 5.41) is 0. The largest absolute Gasteiger partial charge is 0.477 e. The highest BCUT2D eigenvalue weighted by atomic mass is 16.5. The lowest BCUT2D eigenvalue weighted by Gasteiger charge is -2.11. The third kappa shape index (κ3) is 3.72. The number of pyridine rings is 1. The number of hydrogen-bond acceptors (Lipinski definition) is 6. The summed E-state index contributed by atoms with van der Waals surface area (Å²) in [5.41, 5.74) is 3.41. The summed E-state index contributed by atoms with van der Waals surface area (Å²) in [6.45, 7) is 4.42. The highest BCUT2D eigenvalue weighted by Gasteiger charge is 2.40. The number of ether oxygens (including phenoxy) is 1. The Morgan fingerprint density at radius 1 is 1.15 bits per heavy atom. The summed E-state index contributed by atoms with van der Waals surface area (Å²) in [6.07, 6.45) is 7.62. The first-order chi connectivity index (χ1) is 13.0. The predicted molar refractivity (Wildman–Crippen MR) is 101 cm³/mol. The minimum Gasteiger partial charge on any atom is -0.477 e. The number of nitrogens with zero attached hydrogens (tertiary/aromatic N) is 5. The quantitative estimate of drug-likeness (QED) is 0.692. The van der Waals surface area contributed by atoms with Crippen molar-refractivity contribution >= 4 is 0 Å². The maximum absolute atomic E-state index is 11.6. The smallest absolute Gasteiger partial charge is 0.268 e. The van der Waals surface area contributed by atoms with Gasteiger partial charge in [0.25, 0.3) is 5.56 Å². The van der Waals surface area contributed by atoms with Gasteiger partial charge in [0.1, 0.15) is 5.82 Å². The molecule has 0 amide bonds. The van der Waals surface area contributed by atoms with Crippen LogP contribution in [0.2, 0.25) is 0 Å². The molecule has 1 aliphatic rings. The zero-order valence-corrected chi connectivity index (χ0v) is 15.6. The van der Waals surface area contributed by atoms with Crippen molar-refractivity contribution in [2.24, 2.45) is 13.0 Å². The topological polar surface area (TPSA) is 82.8 Å². The Kier molecular flexibility index (Phi) is 4.43. The van der Waals surface area contributed by atoms with E-state index in [1.54, 1.807) is 19.4 Å². The average molecular weight is 363 g/mol. The van der Waals surface area contributed by atoms with Crippen molar-refractivity contribution < 1.29 is 4.74 Å². The summed E-state index contributed by atoms with van der Waals surface area (Å²) in [6, 6.07) is 4.18. The molecule has 1 saturated carbocycles. The molecule has 3 heterocycles. The molecule has 1 unspecified atom stereocenters. The summed E-state index contributed by atoms with van der Waals surface area (Å²) in [5.74, 6) is 1.99. The van der Waals surface area contributed by atoms with Gasteiger partial charge in [-0.15, -0.1) is 0 Å². The third-order valence-electron chi connectivity index (χ3n) is 4.80. The minimum atomic E-state index is -0.166. The van der Waals surface area contributed by atoms with E-state index in [4.69, 9.17) is 4.74 Å². The van der Waals surface area contributed by atoms with Crippen molar-refractivity contribution in [1.82, 2.24) is 24.5 Å². The van der Waals surface area contributed by atoms with Crippen LogP contribution in [0.1, 0.15) is 29.4 Å². The van der Waals surface area contributed by atoms with Gasteiger partial charge in [-0.1, -0.05) is 6.07 Å². The molecule has 0 N–H and O–H groups in total. The van der Waals surface area contributed by atoms with Gasteiger partial charge in [0, 0.05) is 43.2 Å². The van der Waals surface area contributed by atoms with Crippen molar-refractivity contribution in [3.63, 3.8) is 0 Å². The summed E-state index contributed by atoms with van der Waals surface area (Å²) in [7, 11) is 1.69. The van der Waals surface area contributed by atoms with Gasteiger partial charge in [0.15, 0.2) is 0 Å². The highest BCUT2D eigenvalue weighted by Crippen LogP contribution is 2.46. The molecule has 0 bridgehead atoms. The first-order valence-corrected chi connectivity index (χ1v) is 8.93. The van der Waals surface area contributed by atoms with E-state index in [9.17, 15) is 4.79 Å². The molecule has 4 rings (SSSR count). The third-order valence-corrected chi connectivity index (χ3v) is 4.80. The van der Waals surface area contributed by atoms with E-state index < -0.39 is 0 Å². The van der Waals surface area contributed by atoms with Crippen molar-refractivity contribution in [2.45, 2.75) is 26.2 Å². The van der Waals surface area contributed by atoms with E-state index in [-0.39, 0.29) is 5.56 Å². The van der Waals surface area contributed by atoms with Crippen LogP contribution in [0.3, 0.4) is 0 Å². The molecule has 0 aromatic carbocycles. The van der Waals surface area contributed by atoms with Crippen LogP contribution in [-0.4, -0.2) is 31.1 Å². The normalized spacial score (nSPS) is 18.3. The van der Waals surface area contributed by atoms with E-state index in [1.807, 2.05) is 20.0 Å². The van der Waals surface area contributed by atoms with Gasteiger partial charge in [-0.25, -0.2) is 9.97 Å². The number of hydrogen-bond donors (Lipinski definition) is 0. The molecule has 0 saturated heterocycles. The van der Waals surface area contributed by atoms with Gasteiger partial charge in [-0.2, -0.15) is 4.98 Å². The molecule has 0 aliphatic heterocycles. The number of rotatable bonds is 5. The molecule has 1 fully saturated rings. The SMILES string of the molecule is Cc1ccc([C@@H]2CC2COc2nc(C)ncc2-c2cn(C)c(=O)cn2)nc1. The van der Waals surface area contributed by atoms with Gasteiger partial charge in [-0.3, -0.25) is 9.78 Å². The zero-order chi connectivity index (χ0) is 19.0. The molecule has 7 heteroatoms. The predicted octanol–water partition coefficient (Wildman–Crippen LogP) is 2.43. The first-order valence-electron chi connectivity index (χ1n) is 8.93. The Morgan fingerprint density at radius 3 is 2.74 bits per heavy atom.